The Labute approximate surface area is 144 Å². The number of halogens is 3. The molecule has 0 radical (unpaired) electrons. The minimum Gasteiger partial charge on any atom is -0.350 e. The van der Waals surface area contributed by atoms with Crippen LogP contribution in [0.3, 0.4) is 0 Å². The molecule has 1 aliphatic heterocycles. The molecule has 1 aromatic carbocycles. The minimum atomic E-state index is -0.916. The van der Waals surface area contributed by atoms with Crippen LogP contribution in [0.5, 0.6) is 0 Å². The second kappa shape index (κ2) is 7.72. The van der Waals surface area contributed by atoms with Gasteiger partial charge in [0.1, 0.15) is 5.54 Å². The second-order valence-electron chi connectivity index (χ2n) is 5.66. The van der Waals surface area contributed by atoms with Crippen LogP contribution in [0.4, 0.5) is 8.78 Å². The molecule has 24 heavy (non-hydrogen) atoms. The van der Waals surface area contributed by atoms with Gasteiger partial charge in [-0.15, -0.1) is 12.4 Å². The van der Waals surface area contributed by atoms with Crippen LogP contribution in [0.1, 0.15) is 18.4 Å². The van der Waals surface area contributed by atoms with Crippen molar-refractivity contribution >= 4 is 18.3 Å². The summed E-state index contributed by atoms with van der Waals surface area (Å²) >= 11 is 0. The number of carbonyl (C=O) groups is 1. The monoisotopic (exact) mass is 356 g/mol. The second-order valence-corrected chi connectivity index (χ2v) is 5.66. The normalized spacial score (nSPS) is 16.2. The van der Waals surface area contributed by atoms with Crippen molar-refractivity contribution in [3.8, 4) is 0 Å². The smallest absolute Gasteiger partial charge is 0.248 e. The van der Waals surface area contributed by atoms with Crippen molar-refractivity contribution in [2.24, 2.45) is 0 Å². The Hall–Kier alpha value is -1.99. The highest BCUT2D eigenvalue weighted by Gasteiger charge is 2.41. The molecule has 1 amide bonds. The van der Waals surface area contributed by atoms with E-state index >= 15 is 0 Å². The van der Waals surface area contributed by atoms with E-state index in [1.807, 2.05) is 0 Å². The Morgan fingerprint density at radius 1 is 1.29 bits per heavy atom. The van der Waals surface area contributed by atoms with E-state index in [-0.39, 0.29) is 24.9 Å². The van der Waals surface area contributed by atoms with Gasteiger partial charge in [0.25, 0.3) is 0 Å². The SMILES string of the molecule is Cl.O=C(NCc1ccc(F)c(F)c1)C1(n2cccn2)CCNCC1. The standard InChI is InChI=1S/C16H18F2N4O.ClH/c17-13-3-2-12(10-14(13)18)11-20-15(23)16(4-7-19-8-5-16)22-9-1-6-21-22;/h1-3,6,9-10,19H,4-5,7-8,11H2,(H,20,23);1H. The zero-order chi connectivity index (χ0) is 16.3. The Bertz CT molecular complexity index is 687. The lowest BCUT2D eigenvalue weighted by molar-refractivity contribution is -0.132. The summed E-state index contributed by atoms with van der Waals surface area (Å²) in [4.78, 5) is 12.8. The molecule has 8 heteroatoms. The number of rotatable bonds is 4. The van der Waals surface area contributed by atoms with Gasteiger partial charge in [0.05, 0.1) is 0 Å². The van der Waals surface area contributed by atoms with Gasteiger partial charge in [-0.25, -0.2) is 8.78 Å². The number of carbonyl (C=O) groups excluding carboxylic acids is 1. The fraction of sp³-hybridized carbons (Fsp3) is 0.375. The highest BCUT2D eigenvalue weighted by molar-refractivity contribution is 5.85. The summed E-state index contributed by atoms with van der Waals surface area (Å²) in [6.07, 6.45) is 4.67. The maximum atomic E-state index is 13.2. The van der Waals surface area contributed by atoms with E-state index < -0.39 is 17.2 Å². The van der Waals surface area contributed by atoms with E-state index in [2.05, 4.69) is 15.7 Å². The molecule has 130 valence electrons. The molecule has 1 saturated heterocycles. The Balaban J connectivity index is 0.00000208. The van der Waals surface area contributed by atoms with Gasteiger partial charge in [-0.05, 0) is 49.7 Å². The largest absolute Gasteiger partial charge is 0.350 e. The molecule has 1 aliphatic rings. The van der Waals surface area contributed by atoms with Crippen molar-refractivity contribution in [1.29, 1.82) is 0 Å². The quantitative estimate of drug-likeness (QED) is 0.880. The predicted octanol–water partition coefficient (Wildman–Crippen LogP) is 1.98. The molecule has 0 atom stereocenters. The Morgan fingerprint density at radius 2 is 2.04 bits per heavy atom. The molecule has 1 fully saturated rings. The van der Waals surface area contributed by atoms with Crippen molar-refractivity contribution in [3.05, 3.63) is 53.9 Å². The summed E-state index contributed by atoms with van der Waals surface area (Å²) in [5.41, 5.74) is -0.227. The Morgan fingerprint density at radius 3 is 2.67 bits per heavy atom. The number of hydrogen-bond acceptors (Lipinski definition) is 3. The fourth-order valence-electron chi connectivity index (χ4n) is 2.92. The summed E-state index contributed by atoms with van der Waals surface area (Å²) in [5, 5.41) is 10.3. The number of nitrogens with zero attached hydrogens (tertiary/aromatic N) is 2. The van der Waals surface area contributed by atoms with E-state index in [0.29, 0.717) is 18.4 Å². The van der Waals surface area contributed by atoms with E-state index in [9.17, 15) is 13.6 Å². The van der Waals surface area contributed by atoms with Crippen LogP contribution in [-0.4, -0.2) is 28.8 Å². The van der Waals surface area contributed by atoms with Crippen LogP contribution >= 0.6 is 12.4 Å². The van der Waals surface area contributed by atoms with E-state index in [1.165, 1.54) is 6.07 Å². The van der Waals surface area contributed by atoms with Crippen LogP contribution in [0.25, 0.3) is 0 Å². The molecule has 3 rings (SSSR count). The van der Waals surface area contributed by atoms with Crippen molar-refractivity contribution in [2.75, 3.05) is 13.1 Å². The van der Waals surface area contributed by atoms with E-state index in [4.69, 9.17) is 0 Å². The lowest BCUT2D eigenvalue weighted by Gasteiger charge is -2.36. The molecule has 0 spiro atoms. The highest BCUT2D eigenvalue weighted by atomic mass is 35.5. The van der Waals surface area contributed by atoms with Gasteiger partial charge in [0.15, 0.2) is 11.6 Å². The first-order valence-electron chi connectivity index (χ1n) is 7.55. The molecular formula is C16H19ClF2N4O. The number of aromatic nitrogens is 2. The van der Waals surface area contributed by atoms with Gasteiger partial charge < -0.3 is 10.6 Å². The van der Waals surface area contributed by atoms with Crippen LogP contribution in [-0.2, 0) is 16.9 Å². The molecule has 0 aliphatic carbocycles. The van der Waals surface area contributed by atoms with E-state index in [0.717, 1.165) is 25.2 Å². The summed E-state index contributed by atoms with van der Waals surface area (Å²) < 4.78 is 27.9. The van der Waals surface area contributed by atoms with Crippen molar-refractivity contribution in [3.63, 3.8) is 0 Å². The maximum absolute atomic E-state index is 13.2. The number of nitrogens with one attached hydrogen (secondary N) is 2. The average Bonchev–Trinajstić information content (AvgIpc) is 3.11. The molecule has 2 heterocycles. The number of benzene rings is 1. The molecule has 0 bridgehead atoms. The van der Waals surface area contributed by atoms with Gasteiger partial charge in [-0.2, -0.15) is 5.10 Å². The van der Waals surface area contributed by atoms with Crippen LogP contribution < -0.4 is 10.6 Å². The van der Waals surface area contributed by atoms with Crippen molar-refractivity contribution < 1.29 is 13.6 Å². The van der Waals surface area contributed by atoms with E-state index in [1.54, 1.807) is 23.1 Å². The molecule has 0 saturated carbocycles. The average molecular weight is 357 g/mol. The van der Waals surface area contributed by atoms with Gasteiger partial charge >= 0.3 is 0 Å². The first-order chi connectivity index (χ1) is 11.1. The Kier molecular flexibility index (Phi) is 5.90. The van der Waals surface area contributed by atoms with Gasteiger partial charge in [0, 0.05) is 18.9 Å². The third-order valence-corrected chi connectivity index (χ3v) is 4.23. The third kappa shape index (κ3) is 3.57. The summed E-state index contributed by atoms with van der Waals surface area (Å²) in [6, 6.07) is 5.40. The van der Waals surface area contributed by atoms with Gasteiger partial charge in [-0.1, -0.05) is 6.07 Å². The lowest BCUT2D eigenvalue weighted by atomic mass is 9.87. The fourth-order valence-corrected chi connectivity index (χ4v) is 2.92. The topological polar surface area (TPSA) is 59.0 Å². The summed E-state index contributed by atoms with van der Waals surface area (Å²) in [7, 11) is 0. The number of hydrogen-bond donors (Lipinski definition) is 2. The highest BCUT2D eigenvalue weighted by Crippen LogP contribution is 2.27. The van der Waals surface area contributed by atoms with Crippen LogP contribution in [0, 0.1) is 11.6 Å². The molecule has 5 nitrogen and oxygen atoms in total. The molecule has 2 aromatic rings. The maximum Gasteiger partial charge on any atom is 0.248 e. The minimum absolute atomic E-state index is 0. The first-order valence-corrected chi connectivity index (χ1v) is 7.55. The van der Waals surface area contributed by atoms with Crippen LogP contribution in [0.2, 0.25) is 0 Å². The van der Waals surface area contributed by atoms with Crippen LogP contribution in [0.15, 0.2) is 36.7 Å². The lowest BCUT2D eigenvalue weighted by Crippen LogP contribution is -2.54. The van der Waals surface area contributed by atoms with Gasteiger partial charge in [-0.3, -0.25) is 9.48 Å². The molecule has 2 N–H and O–H groups in total. The third-order valence-electron chi connectivity index (χ3n) is 4.23. The van der Waals surface area contributed by atoms with Gasteiger partial charge in [0.2, 0.25) is 5.91 Å². The molecule has 1 aromatic heterocycles. The number of amides is 1. The first kappa shape index (κ1) is 18.4. The summed E-state index contributed by atoms with van der Waals surface area (Å²) in [6.45, 7) is 1.59. The number of piperidine rings is 1. The zero-order valence-electron chi connectivity index (χ0n) is 13.0. The zero-order valence-corrected chi connectivity index (χ0v) is 13.8. The molecule has 0 unspecified atom stereocenters. The van der Waals surface area contributed by atoms with Crippen molar-refractivity contribution in [1.82, 2.24) is 20.4 Å². The summed E-state index contributed by atoms with van der Waals surface area (Å²) in [5.74, 6) is -1.97. The van der Waals surface area contributed by atoms with Crippen molar-refractivity contribution in [2.45, 2.75) is 24.9 Å². The molecular weight excluding hydrogens is 338 g/mol. The predicted molar refractivity (Wildman–Crippen MR) is 87.8 cm³/mol.